The van der Waals surface area contributed by atoms with Crippen LogP contribution in [0, 0.1) is 29.1 Å². The van der Waals surface area contributed by atoms with Crippen molar-refractivity contribution >= 4 is 17.9 Å². The van der Waals surface area contributed by atoms with Gasteiger partial charge >= 0.3 is 17.9 Å². The molecule has 6 heteroatoms. The van der Waals surface area contributed by atoms with E-state index in [9.17, 15) is 14.4 Å². The zero-order valence-electron chi connectivity index (χ0n) is 17.5. The summed E-state index contributed by atoms with van der Waals surface area (Å²) in [6.07, 6.45) is 0.556. The van der Waals surface area contributed by atoms with Crippen molar-refractivity contribution in [3.05, 3.63) is 48.6 Å². The van der Waals surface area contributed by atoms with Crippen LogP contribution in [0.3, 0.4) is 0 Å². The molecule has 0 saturated heterocycles. The zero-order valence-corrected chi connectivity index (χ0v) is 17.5. The van der Waals surface area contributed by atoms with E-state index in [4.69, 9.17) is 14.2 Å². The summed E-state index contributed by atoms with van der Waals surface area (Å²) in [7, 11) is 0. The summed E-state index contributed by atoms with van der Waals surface area (Å²) in [6, 6.07) is 9.02. The van der Waals surface area contributed by atoms with Gasteiger partial charge in [-0.3, -0.25) is 14.4 Å². The van der Waals surface area contributed by atoms with Crippen LogP contribution in [0.25, 0.3) is 0 Å². The average Bonchev–Trinajstić information content (AvgIpc) is 2.72. The summed E-state index contributed by atoms with van der Waals surface area (Å²) in [5, 5.41) is 0. The molecule has 0 aromatic heterocycles. The molecular weight excluding hydrogens is 384 g/mol. The summed E-state index contributed by atoms with van der Waals surface area (Å²) in [5.74, 6) is 8.85. The molecule has 0 radical (unpaired) electrons. The van der Waals surface area contributed by atoms with Gasteiger partial charge in [-0.25, -0.2) is 0 Å². The maximum absolute atomic E-state index is 12.5. The van der Waals surface area contributed by atoms with Crippen LogP contribution in [-0.4, -0.2) is 31.1 Å². The highest BCUT2D eigenvalue weighted by atomic mass is 16.6. The molecule has 0 fully saturated rings. The monoisotopic (exact) mass is 410 g/mol. The molecule has 0 heterocycles. The van der Waals surface area contributed by atoms with Gasteiger partial charge in [0.25, 0.3) is 0 Å². The maximum atomic E-state index is 12.5. The Morgan fingerprint density at radius 2 is 1.67 bits per heavy atom. The van der Waals surface area contributed by atoms with E-state index < -0.39 is 29.4 Å². The molecule has 1 aromatic rings. The molecule has 0 N–H and O–H groups in total. The fourth-order valence-corrected chi connectivity index (χ4v) is 2.57. The Morgan fingerprint density at radius 3 is 2.17 bits per heavy atom. The van der Waals surface area contributed by atoms with E-state index in [1.54, 1.807) is 26.0 Å². The Bertz CT molecular complexity index is 846. The first-order valence-corrected chi connectivity index (χ1v) is 9.57. The molecule has 1 rings (SSSR count). The molecule has 0 saturated carbocycles. The fourth-order valence-electron chi connectivity index (χ4n) is 2.57. The Kier molecular flexibility index (Phi) is 10.5. The Labute approximate surface area is 177 Å². The van der Waals surface area contributed by atoms with Crippen molar-refractivity contribution in [3.63, 3.8) is 0 Å². The number of hydrogen-bond donors (Lipinski definition) is 0. The minimum atomic E-state index is -1.60. The first-order chi connectivity index (χ1) is 14.4. The topological polar surface area (TPSA) is 78.9 Å². The van der Waals surface area contributed by atoms with Gasteiger partial charge < -0.3 is 14.2 Å². The van der Waals surface area contributed by atoms with Crippen molar-refractivity contribution in [2.24, 2.45) is 5.41 Å². The fraction of sp³-hybridized carbons (Fsp3) is 0.375. The van der Waals surface area contributed by atoms with Gasteiger partial charge in [-0.05, 0) is 38.0 Å². The van der Waals surface area contributed by atoms with Gasteiger partial charge in [0.2, 0.25) is 0 Å². The third-order valence-corrected chi connectivity index (χ3v) is 3.96. The van der Waals surface area contributed by atoms with Crippen LogP contribution in [0.15, 0.2) is 43.0 Å². The second kappa shape index (κ2) is 12.9. The number of carbonyl (C=O) groups excluding carboxylic acids is 3. The molecule has 0 spiro atoms. The molecule has 0 aliphatic carbocycles. The third kappa shape index (κ3) is 7.14. The van der Waals surface area contributed by atoms with E-state index in [1.807, 2.05) is 18.2 Å². The predicted octanol–water partition coefficient (Wildman–Crippen LogP) is 3.38. The molecule has 6 nitrogen and oxygen atoms in total. The van der Waals surface area contributed by atoms with Crippen LogP contribution in [0.5, 0.6) is 0 Å². The van der Waals surface area contributed by atoms with Crippen molar-refractivity contribution in [1.29, 1.82) is 0 Å². The van der Waals surface area contributed by atoms with E-state index in [0.29, 0.717) is 5.56 Å². The number of esters is 3. The van der Waals surface area contributed by atoms with E-state index in [0.717, 1.165) is 0 Å². The molecule has 0 bridgehead atoms. The quantitative estimate of drug-likeness (QED) is 0.204. The number of allylic oxidation sites excluding steroid dienone is 1. The lowest BCUT2D eigenvalue weighted by Crippen LogP contribution is -2.41. The first-order valence-electron chi connectivity index (χ1n) is 9.57. The predicted molar refractivity (Wildman–Crippen MR) is 112 cm³/mol. The van der Waals surface area contributed by atoms with Crippen molar-refractivity contribution in [1.82, 2.24) is 0 Å². The molecule has 0 aliphatic heterocycles. The van der Waals surface area contributed by atoms with Crippen LogP contribution in [0.2, 0.25) is 0 Å². The summed E-state index contributed by atoms with van der Waals surface area (Å²) < 4.78 is 15.4. The number of rotatable bonds is 9. The first kappa shape index (κ1) is 24.5. The van der Waals surface area contributed by atoms with E-state index in [2.05, 4.69) is 30.3 Å². The summed E-state index contributed by atoms with van der Waals surface area (Å²) >= 11 is 0. The highest BCUT2D eigenvalue weighted by molar-refractivity contribution is 6.00. The van der Waals surface area contributed by atoms with Crippen LogP contribution >= 0.6 is 0 Å². The van der Waals surface area contributed by atoms with Gasteiger partial charge in [0, 0.05) is 18.9 Å². The molecule has 30 heavy (non-hydrogen) atoms. The van der Waals surface area contributed by atoms with Crippen molar-refractivity contribution < 1.29 is 28.6 Å². The Balaban J connectivity index is 3.12. The molecule has 0 aliphatic rings. The summed E-state index contributed by atoms with van der Waals surface area (Å²) in [5.41, 5.74) is -0.891. The molecular formula is C24H26O6. The smallest absolute Gasteiger partial charge is 0.324 e. The van der Waals surface area contributed by atoms with Gasteiger partial charge in [-0.15, -0.1) is 6.58 Å². The van der Waals surface area contributed by atoms with Gasteiger partial charge in [-0.1, -0.05) is 42.3 Å². The molecule has 1 atom stereocenters. The van der Waals surface area contributed by atoms with Gasteiger partial charge in [0.1, 0.15) is 0 Å². The van der Waals surface area contributed by atoms with Crippen molar-refractivity contribution in [2.45, 2.75) is 39.7 Å². The molecule has 0 amide bonds. The largest absolute Gasteiger partial charge is 0.465 e. The van der Waals surface area contributed by atoms with Gasteiger partial charge in [0.15, 0.2) is 11.5 Å². The summed E-state index contributed by atoms with van der Waals surface area (Å²) in [6.45, 7) is 8.45. The normalized spacial score (nSPS) is 10.9. The molecule has 1 unspecified atom stereocenters. The van der Waals surface area contributed by atoms with Crippen LogP contribution in [0.1, 0.15) is 45.3 Å². The molecule has 158 valence electrons. The SMILES string of the molecule is C=CCC(CC#CC#CC(OC(C)=O)c1ccccc1)(C(=O)OCC)C(=O)OCC. The highest BCUT2D eigenvalue weighted by Crippen LogP contribution is 2.31. The second-order valence-corrected chi connectivity index (χ2v) is 6.16. The lowest BCUT2D eigenvalue weighted by atomic mass is 9.81. The molecule has 1 aromatic carbocycles. The Hall–Kier alpha value is -3.51. The van der Waals surface area contributed by atoms with Gasteiger partial charge in [0.05, 0.1) is 13.2 Å². The second-order valence-electron chi connectivity index (χ2n) is 6.16. The van der Waals surface area contributed by atoms with Crippen LogP contribution in [-0.2, 0) is 28.6 Å². The van der Waals surface area contributed by atoms with E-state index in [-0.39, 0.29) is 26.1 Å². The standard InChI is InChI=1S/C24H26O6/c1-5-17-24(22(26)28-6-2,23(27)29-7-3)18-13-9-12-16-21(30-19(4)25)20-14-10-8-11-15-20/h5,8,10-11,14-15,21H,1,6-7,17-18H2,2-4H3. The minimum Gasteiger partial charge on any atom is -0.465 e. The van der Waals surface area contributed by atoms with E-state index in [1.165, 1.54) is 13.0 Å². The van der Waals surface area contributed by atoms with Crippen LogP contribution in [0.4, 0.5) is 0 Å². The average molecular weight is 410 g/mol. The number of carbonyl (C=O) groups is 3. The highest BCUT2D eigenvalue weighted by Gasteiger charge is 2.47. The lowest BCUT2D eigenvalue weighted by Gasteiger charge is -2.26. The van der Waals surface area contributed by atoms with Crippen molar-refractivity contribution in [2.75, 3.05) is 13.2 Å². The van der Waals surface area contributed by atoms with Crippen LogP contribution < -0.4 is 0 Å². The Morgan fingerprint density at radius 1 is 1.07 bits per heavy atom. The summed E-state index contributed by atoms with van der Waals surface area (Å²) in [4.78, 5) is 36.4. The van der Waals surface area contributed by atoms with Gasteiger partial charge in [-0.2, -0.15) is 0 Å². The number of ether oxygens (including phenoxy) is 3. The van der Waals surface area contributed by atoms with Crippen molar-refractivity contribution in [3.8, 4) is 23.7 Å². The lowest BCUT2D eigenvalue weighted by molar-refractivity contribution is -0.171. The number of benzene rings is 1. The third-order valence-electron chi connectivity index (χ3n) is 3.96. The minimum absolute atomic E-state index is 0.0207. The zero-order chi connectivity index (χ0) is 22.4. The number of hydrogen-bond acceptors (Lipinski definition) is 6. The van der Waals surface area contributed by atoms with E-state index >= 15 is 0 Å². The maximum Gasteiger partial charge on any atom is 0.324 e.